The molecule has 2 atom stereocenters. The van der Waals surface area contributed by atoms with Crippen LogP contribution < -0.4 is 4.72 Å². The third-order valence-corrected chi connectivity index (χ3v) is 5.55. The molecular formula is C11H22N2O3S. The molecule has 2 N–H and O–H groups in total. The first-order valence-electron chi connectivity index (χ1n) is 6.38. The number of rotatable bonds is 5. The number of hydrogen-bond acceptors (Lipinski definition) is 3. The van der Waals surface area contributed by atoms with Crippen molar-refractivity contribution in [1.82, 2.24) is 9.03 Å². The zero-order chi connectivity index (χ0) is 12.5. The molecule has 6 heteroatoms. The van der Waals surface area contributed by atoms with Crippen molar-refractivity contribution in [3.63, 3.8) is 0 Å². The lowest BCUT2D eigenvalue weighted by Crippen LogP contribution is -2.45. The van der Waals surface area contributed by atoms with Gasteiger partial charge in [-0.2, -0.15) is 12.7 Å². The summed E-state index contributed by atoms with van der Waals surface area (Å²) in [6.45, 7) is 3.94. The molecule has 1 aliphatic carbocycles. The van der Waals surface area contributed by atoms with Crippen LogP contribution in [0.25, 0.3) is 0 Å². The fraction of sp³-hybridized carbons (Fsp3) is 1.00. The van der Waals surface area contributed by atoms with Gasteiger partial charge in [-0.25, -0.2) is 4.72 Å². The van der Waals surface area contributed by atoms with Gasteiger partial charge in [-0.15, -0.1) is 0 Å². The smallest absolute Gasteiger partial charge is 0.279 e. The maximum atomic E-state index is 12.0. The third-order valence-electron chi connectivity index (χ3n) is 3.98. The summed E-state index contributed by atoms with van der Waals surface area (Å²) in [6, 6.07) is 0. The zero-order valence-corrected chi connectivity index (χ0v) is 11.1. The Balaban J connectivity index is 1.79. The molecular weight excluding hydrogens is 240 g/mol. The second-order valence-corrected chi connectivity index (χ2v) is 7.11. The first-order valence-corrected chi connectivity index (χ1v) is 7.82. The number of hydrogen-bond donors (Lipinski definition) is 2. The summed E-state index contributed by atoms with van der Waals surface area (Å²) >= 11 is 0. The molecule has 100 valence electrons. The number of aliphatic hydroxyl groups excluding tert-OH is 1. The van der Waals surface area contributed by atoms with Crippen LogP contribution in [0.3, 0.4) is 0 Å². The molecule has 0 spiro atoms. The highest BCUT2D eigenvalue weighted by molar-refractivity contribution is 7.87. The maximum absolute atomic E-state index is 12.0. The number of nitrogens with one attached hydrogen (secondary N) is 1. The number of aliphatic hydroxyl groups is 1. The van der Waals surface area contributed by atoms with E-state index in [1.807, 2.05) is 0 Å². The predicted molar refractivity (Wildman–Crippen MR) is 65.6 cm³/mol. The van der Waals surface area contributed by atoms with E-state index in [9.17, 15) is 8.42 Å². The van der Waals surface area contributed by atoms with Crippen molar-refractivity contribution in [2.45, 2.75) is 26.2 Å². The maximum Gasteiger partial charge on any atom is 0.279 e. The zero-order valence-electron chi connectivity index (χ0n) is 10.3. The average Bonchev–Trinajstić information content (AvgIpc) is 3.03. The predicted octanol–water partition coefficient (Wildman–Crippen LogP) is 0.181. The van der Waals surface area contributed by atoms with Crippen LogP contribution in [0.1, 0.15) is 26.2 Å². The Morgan fingerprint density at radius 1 is 1.35 bits per heavy atom. The van der Waals surface area contributed by atoms with E-state index in [0.717, 1.165) is 19.3 Å². The van der Waals surface area contributed by atoms with E-state index in [0.29, 0.717) is 31.5 Å². The molecule has 2 unspecified atom stereocenters. The second kappa shape index (κ2) is 5.22. The van der Waals surface area contributed by atoms with Gasteiger partial charge < -0.3 is 5.11 Å². The van der Waals surface area contributed by atoms with Crippen molar-refractivity contribution < 1.29 is 13.5 Å². The minimum atomic E-state index is -3.29. The molecule has 0 amide bonds. The van der Waals surface area contributed by atoms with Crippen molar-refractivity contribution in [2.75, 3.05) is 26.2 Å². The van der Waals surface area contributed by atoms with E-state index in [1.54, 1.807) is 0 Å². The summed E-state index contributed by atoms with van der Waals surface area (Å²) in [5.74, 6) is 1.46. The third kappa shape index (κ3) is 3.40. The van der Waals surface area contributed by atoms with Gasteiger partial charge in [-0.3, -0.25) is 0 Å². The van der Waals surface area contributed by atoms with E-state index in [1.165, 1.54) is 4.31 Å². The standard InChI is InChI=1S/C11H22N2O3S/c1-9-6-11(9)7-12-17(15,16)13-4-2-10(8-14)3-5-13/h9-12,14H,2-8H2,1H3. The van der Waals surface area contributed by atoms with Gasteiger partial charge in [0.1, 0.15) is 0 Å². The summed E-state index contributed by atoms with van der Waals surface area (Å²) in [5, 5.41) is 9.01. The lowest BCUT2D eigenvalue weighted by atomic mass is 10.00. The molecule has 1 aliphatic heterocycles. The first-order chi connectivity index (χ1) is 8.03. The van der Waals surface area contributed by atoms with Gasteiger partial charge >= 0.3 is 0 Å². The van der Waals surface area contributed by atoms with Crippen molar-refractivity contribution >= 4 is 10.2 Å². The Hall–Kier alpha value is -0.170. The first kappa shape index (κ1) is 13.3. The number of piperidine rings is 1. The summed E-state index contributed by atoms with van der Waals surface area (Å²) in [5.41, 5.74) is 0. The van der Waals surface area contributed by atoms with Crippen LogP contribution in [0.2, 0.25) is 0 Å². The minimum absolute atomic E-state index is 0.168. The van der Waals surface area contributed by atoms with Gasteiger partial charge in [0, 0.05) is 26.2 Å². The lowest BCUT2D eigenvalue weighted by Gasteiger charge is -2.30. The van der Waals surface area contributed by atoms with Crippen molar-refractivity contribution in [3.05, 3.63) is 0 Å². The van der Waals surface area contributed by atoms with Crippen molar-refractivity contribution in [2.24, 2.45) is 17.8 Å². The van der Waals surface area contributed by atoms with Crippen LogP contribution in [0.4, 0.5) is 0 Å². The molecule has 1 heterocycles. The van der Waals surface area contributed by atoms with Crippen molar-refractivity contribution in [3.8, 4) is 0 Å². The topological polar surface area (TPSA) is 69.6 Å². The van der Waals surface area contributed by atoms with Crippen LogP contribution in [-0.4, -0.2) is 44.1 Å². The van der Waals surface area contributed by atoms with Gasteiger partial charge in [-0.05, 0) is 37.0 Å². The van der Waals surface area contributed by atoms with Crippen molar-refractivity contribution in [1.29, 1.82) is 0 Å². The molecule has 1 saturated carbocycles. The molecule has 2 rings (SSSR count). The average molecular weight is 262 g/mol. The van der Waals surface area contributed by atoms with Crippen LogP contribution >= 0.6 is 0 Å². The Morgan fingerprint density at radius 2 is 1.94 bits per heavy atom. The van der Waals surface area contributed by atoms with Crippen LogP contribution in [0.5, 0.6) is 0 Å². The summed E-state index contributed by atoms with van der Waals surface area (Å²) in [6.07, 6.45) is 2.66. The summed E-state index contributed by atoms with van der Waals surface area (Å²) < 4.78 is 28.1. The molecule has 5 nitrogen and oxygen atoms in total. The fourth-order valence-corrected chi connectivity index (χ4v) is 3.62. The second-order valence-electron chi connectivity index (χ2n) is 5.35. The highest BCUT2D eigenvalue weighted by atomic mass is 32.2. The van der Waals surface area contributed by atoms with Gasteiger partial charge in [0.2, 0.25) is 0 Å². The molecule has 0 aromatic heterocycles. The molecule has 1 saturated heterocycles. The Kier molecular flexibility index (Phi) is 4.07. The normalized spacial score (nSPS) is 31.6. The van der Waals surface area contributed by atoms with Gasteiger partial charge in [0.15, 0.2) is 0 Å². The fourth-order valence-electron chi connectivity index (χ4n) is 2.32. The molecule has 17 heavy (non-hydrogen) atoms. The molecule has 2 aliphatic rings. The van der Waals surface area contributed by atoms with Gasteiger partial charge in [-0.1, -0.05) is 6.92 Å². The Labute approximate surface area is 103 Å². The largest absolute Gasteiger partial charge is 0.396 e. The number of nitrogens with zero attached hydrogens (tertiary/aromatic N) is 1. The molecule has 0 aromatic carbocycles. The van der Waals surface area contributed by atoms with E-state index < -0.39 is 10.2 Å². The van der Waals surface area contributed by atoms with Crippen LogP contribution in [0, 0.1) is 17.8 Å². The highest BCUT2D eigenvalue weighted by Crippen LogP contribution is 2.37. The Morgan fingerprint density at radius 3 is 2.41 bits per heavy atom. The van der Waals surface area contributed by atoms with E-state index in [-0.39, 0.29) is 12.5 Å². The SMILES string of the molecule is CC1CC1CNS(=O)(=O)N1CCC(CO)CC1. The summed E-state index contributed by atoms with van der Waals surface area (Å²) in [7, 11) is -3.29. The molecule has 2 fully saturated rings. The highest BCUT2D eigenvalue weighted by Gasteiger charge is 2.34. The van der Waals surface area contributed by atoms with E-state index in [4.69, 9.17) is 5.11 Å². The molecule has 0 radical (unpaired) electrons. The minimum Gasteiger partial charge on any atom is -0.396 e. The quantitative estimate of drug-likeness (QED) is 0.742. The molecule has 0 aromatic rings. The van der Waals surface area contributed by atoms with E-state index >= 15 is 0 Å². The van der Waals surface area contributed by atoms with Gasteiger partial charge in [0.25, 0.3) is 10.2 Å². The molecule has 0 bridgehead atoms. The summed E-state index contributed by atoms with van der Waals surface area (Å²) in [4.78, 5) is 0. The lowest BCUT2D eigenvalue weighted by molar-refractivity contribution is 0.169. The van der Waals surface area contributed by atoms with E-state index in [2.05, 4.69) is 11.6 Å². The van der Waals surface area contributed by atoms with Gasteiger partial charge in [0.05, 0.1) is 0 Å². The Bertz CT molecular complexity index is 350. The van der Waals surface area contributed by atoms with Crippen LogP contribution in [0.15, 0.2) is 0 Å². The monoisotopic (exact) mass is 262 g/mol. The van der Waals surface area contributed by atoms with Crippen LogP contribution in [-0.2, 0) is 10.2 Å².